The minimum atomic E-state index is -0.518. The molecule has 0 aromatic heterocycles. The fraction of sp³-hybridized carbons (Fsp3) is 0.400. The second kappa shape index (κ2) is 7.66. The average molecular weight is 322 g/mol. The van der Waals surface area contributed by atoms with Crippen molar-refractivity contribution in [2.24, 2.45) is 0 Å². The van der Waals surface area contributed by atoms with Gasteiger partial charge in [0.25, 0.3) is 5.91 Å². The molecule has 2 N–H and O–H groups in total. The number of carbonyl (C=O) groups excluding carboxylic acids is 2. The second-order valence-electron chi connectivity index (χ2n) is 4.95. The van der Waals surface area contributed by atoms with E-state index in [0.29, 0.717) is 24.3 Å². The van der Waals surface area contributed by atoms with Crippen molar-refractivity contribution in [3.63, 3.8) is 0 Å². The highest BCUT2D eigenvalue weighted by atomic mass is 35.5. The van der Waals surface area contributed by atoms with Gasteiger partial charge < -0.3 is 15.4 Å². The van der Waals surface area contributed by atoms with Crippen molar-refractivity contribution in [3.8, 4) is 11.8 Å². The summed E-state index contributed by atoms with van der Waals surface area (Å²) in [4.78, 5) is 23.6. The summed E-state index contributed by atoms with van der Waals surface area (Å²) in [5.74, 6) is -0.231. The Labute approximate surface area is 133 Å². The summed E-state index contributed by atoms with van der Waals surface area (Å²) in [6.45, 7) is 0.401. The highest BCUT2D eigenvalue weighted by Gasteiger charge is 2.22. The number of benzene rings is 1. The van der Waals surface area contributed by atoms with E-state index >= 15 is 0 Å². The summed E-state index contributed by atoms with van der Waals surface area (Å²) in [7, 11) is 0. The van der Waals surface area contributed by atoms with Crippen LogP contribution >= 0.6 is 11.6 Å². The number of hydrogen-bond donors (Lipinski definition) is 2. The van der Waals surface area contributed by atoms with E-state index in [2.05, 4.69) is 10.6 Å². The van der Waals surface area contributed by atoms with Crippen molar-refractivity contribution in [2.75, 3.05) is 13.2 Å². The van der Waals surface area contributed by atoms with E-state index in [9.17, 15) is 9.59 Å². The van der Waals surface area contributed by atoms with Gasteiger partial charge in [0, 0.05) is 6.54 Å². The average Bonchev–Trinajstić information content (AvgIpc) is 2.71. The van der Waals surface area contributed by atoms with E-state index in [-0.39, 0.29) is 23.4 Å². The topological polar surface area (TPSA) is 91.2 Å². The van der Waals surface area contributed by atoms with Gasteiger partial charge >= 0.3 is 0 Å². The largest absolute Gasteiger partial charge is 0.482 e. The monoisotopic (exact) mass is 321 g/mol. The summed E-state index contributed by atoms with van der Waals surface area (Å²) in [6, 6.07) is 6.00. The normalized spacial score (nSPS) is 17.8. The Kier molecular flexibility index (Phi) is 5.61. The van der Waals surface area contributed by atoms with Crippen LogP contribution in [0.3, 0.4) is 0 Å². The van der Waals surface area contributed by atoms with Gasteiger partial charge in [-0.3, -0.25) is 9.59 Å². The molecule has 7 heteroatoms. The number of halogens is 1. The molecule has 116 valence electrons. The minimum Gasteiger partial charge on any atom is -0.482 e. The molecule has 1 aliphatic rings. The lowest BCUT2D eigenvalue weighted by molar-refractivity contribution is -0.129. The number of rotatable bonds is 4. The van der Waals surface area contributed by atoms with Crippen molar-refractivity contribution in [1.82, 2.24) is 10.6 Å². The SMILES string of the molecule is N#Cc1ccc(OCC(=O)NC2CCCCNC2=O)c(Cl)c1. The van der Waals surface area contributed by atoms with Crippen molar-refractivity contribution < 1.29 is 14.3 Å². The predicted octanol–water partition coefficient (Wildman–Crippen LogP) is 1.38. The standard InChI is InChI=1S/C15H16ClN3O3/c16-11-7-10(8-17)4-5-13(11)22-9-14(20)19-12-3-1-2-6-18-15(12)21/h4-5,7,12H,1-3,6,9H2,(H,18,21)(H,19,20). The highest BCUT2D eigenvalue weighted by molar-refractivity contribution is 6.32. The van der Waals surface area contributed by atoms with E-state index in [1.165, 1.54) is 12.1 Å². The van der Waals surface area contributed by atoms with Crippen molar-refractivity contribution in [2.45, 2.75) is 25.3 Å². The van der Waals surface area contributed by atoms with E-state index in [1.54, 1.807) is 6.07 Å². The fourth-order valence-electron chi connectivity index (χ4n) is 2.14. The molecule has 1 atom stereocenters. The van der Waals surface area contributed by atoms with E-state index < -0.39 is 6.04 Å². The van der Waals surface area contributed by atoms with Gasteiger partial charge in [-0.15, -0.1) is 0 Å². The van der Waals surface area contributed by atoms with Crippen molar-refractivity contribution >= 4 is 23.4 Å². The molecule has 1 fully saturated rings. The molecule has 1 aromatic carbocycles. The molecular weight excluding hydrogens is 306 g/mol. The van der Waals surface area contributed by atoms with Crippen LogP contribution in [0.25, 0.3) is 0 Å². The Morgan fingerprint density at radius 2 is 2.32 bits per heavy atom. The predicted molar refractivity (Wildman–Crippen MR) is 80.5 cm³/mol. The molecule has 1 aliphatic heterocycles. The van der Waals surface area contributed by atoms with Gasteiger partial charge in [-0.2, -0.15) is 5.26 Å². The third-order valence-electron chi connectivity index (χ3n) is 3.29. The van der Waals surface area contributed by atoms with Gasteiger partial charge in [0.15, 0.2) is 6.61 Å². The van der Waals surface area contributed by atoms with Gasteiger partial charge in [0.1, 0.15) is 11.8 Å². The molecule has 0 radical (unpaired) electrons. The molecule has 1 aromatic rings. The van der Waals surface area contributed by atoms with Crippen LogP contribution in [0.15, 0.2) is 18.2 Å². The zero-order valence-corrected chi connectivity index (χ0v) is 12.7. The Bertz CT molecular complexity index is 613. The molecule has 0 spiro atoms. The van der Waals surface area contributed by atoms with Crippen LogP contribution in [0.1, 0.15) is 24.8 Å². The Hall–Kier alpha value is -2.26. The molecule has 22 heavy (non-hydrogen) atoms. The van der Waals surface area contributed by atoms with Crippen LogP contribution in [0, 0.1) is 11.3 Å². The first kappa shape index (κ1) is 16.1. The lowest BCUT2D eigenvalue weighted by Crippen LogP contribution is -2.46. The maximum absolute atomic E-state index is 11.9. The number of nitrogens with zero attached hydrogens (tertiary/aromatic N) is 1. The molecule has 6 nitrogen and oxygen atoms in total. The Morgan fingerprint density at radius 1 is 1.50 bits per heavy atom. The maximum atomic E-state index is 11.9. The smallest absolute Gasteiger partial charge is 0.258 e. The van der Waals surface area contributed by atoms with Crippen molar-refractivity contribution in [1.29, 1.82) is 5.26 Å². The number of nitriles is 1. The molecule has 0 bridgehead atoms. The van der Waals surface area contributed by atoms with Gasteiger partial charge in [-0.25, -0.2) is 0 Å². The first-order chi connectivity index (χ1) is 10.6. The summed E-state index contributed by atoms with van der Waals surface area (Å²) in [5, 5.41) is 14.4. The number of ether oxygens (including phenoxy) is 1. The number of nitrogens with one attached hydrogen (secondary N) is 2. The molecular formula is C15H16ClN3O3. The summed E-state index contributed by atoms with van der Waals surface area (Å²) in [5.41, 5.74) is 0.414. The summed E-state index contributed by atoms with van der Waals surface area (Å²) < 4.78 is 5.32. The lowest BCUT2D eigenvalue weighted by Gasteiger charge is -2.15. The van der Waals surface area contributed by atoms with Gasteiger partial charge in [-0.1, -0.05) is 11.6 Å². The summed E-state index contributed by atoms with van der Waals surface area (Å²) >= 11 is 5.96. The first-order valence-corrected chi connectivity index (χ1v) is 7.37. The number of amides is 2. The van der Waals surface area contributed by atoms with E-state index in [4.69, 9.17) is 21.6 Å². The highest BCUT2D eigenvalue weighted by Crippen LogP contribution is 2.25. The van der Waals surface area contributed by atoms with Gasteiger partial charge in [0.2, 0.25) is 5.91 Å². The van der Waals surface area contributed by atoms with Crippen molar-refractivity contribution in [3.05, 3.63) is 28.8 Å². The van der Waals surface area contributed by atoms with Gasteiger partial charge in [-0.05, 0) is 37.5 Å². The second-order valence-corrected chi connectivity index (χ2v) is 5.36. The molecule has 1 unspecified atom stereocenters. The van der Waals surface area contributed by atoms with E-state index in [1.807, 2.05) is 6.07 Å². The van der Waals surface area contributed by atoms with E-state index in [0.717, 1.165) is 12.8 Å². The third-order valence-corrected chi connectivity index (χ3v) is 3.59. The van der Waals surface area contributed by atoms with Crippen LogP contribution in [0.4, 0.5) is 0 Å². The quantitative estimate of drug-likeness (QED) is 0.876. The molecule has 1 saturated heterocycles. The van der Waals surface area contributed by atoms with Crippen LogP contribution in [0.5, 0.6) is 5.75 Å². The lowest BCUT2D eigenvalue weighted by atomic mass is 10.1. The molecule has 2 rings (SSSR count). The minimum absolute atomic E-state index is 0.165. The van der Waals surface area contributed by atoms with Crippen LogP contribution < -0.4 is 15.4 Å². The zero-order chi connectivity index (χ0) is 15.9. The third kappa shape index (κ3) is 4.37. The van der Waals surface area contributed by atoms with Crippen LogP contribution in [0.2, 0.25) is 5.02 Å². The van der Waals surface area contributed by atoms with Gasteiger partial charge in [0.05, 0.1) is 16.7 Å². The number of carbonyl (C=O) groups is 2. The maximum Gasteiger partial charge on any atom is 0.258 e. The Morgan fingerprint density at radius 3 is 3.05 bits per heavy atom. The molecule has 1 heterocycles. The molecule has 0 saturated carbocycles. The first-order valence-electron chi connectivity index (χ1n) is 6.99. The van der Waals surface area contributed by atoms with Crippen LogP contribution in [-0.2, 0) is 9.59 Å². The van der Waals surface area contributed by atoms with Crippen LogP contribution in [-0.4, -0.2) is 31.0 Å². The molecule has 0 aliphatic carbocycles. The molecule has 2 amide bonds. The summed E-state index contributed by atoms with van der Waals surface area (Å²) in [6.07, 6.45) is 2.41. The zero-order valence-electron chi connectivity index (χ0n) is 11.9. The number of hydrogen-bond acceptors (Lipinski definition) is 4. The fourth-order valence-corrected chi connectivity index (χ4v) is 2.38. The Balaban J connectivity index is 1.87.